The number of aromatic nitrogens is 1. The standard InChI is InChI=1S/C20H19ClN2O2/c1-13-4-3-5-17(14(13)2)23-19(24)10-11-20-22-12-18(25-20)15-6-8-16(21)9-7-15/h3-9,12H,10-11H2,1-2H3,(H,23,24). The Labute approximate surface area is 151 Å². The van der Waals surface area contributed by atoms with Gasteiger partial charge in [-0.3, -0.25) is 4.79 Å². The second-order valence-electron chi connectivity index (χ2n) is 5.92. The Morgan fingerprint density at radius 1 is 1.16 bits per heavy atom. The number of oxazole rings is 1. The molecule has 0 atom stereocenters. The molecule has 1 heterocycles. The van der Waals surface area contributed by atoms with Crippen LogP contribution in [0.1, 0.15) is 23.4 Å². The first-order valence-corrected chi connectivity index (χ1v) is 8.47. The molecule has 0 radical (unpaired) electrons. The normalized spacial score (nSPS) is 10.7. The van der Waals surface area contributed by atoms with Gasteiger partial charge in [0, 0.05) is 29.1 Å². The van der Waals surface area contributed by atoms with Crippen LogP contribution >= 0.6 is 11.6 Å². The second kappa shape index (κ2) is 7.53. The number of nitrogens with zero attached hydrogens (tertiary/aromatic N) is 1. The number of benzene rings is 2. The van der Waals surface area contributed by atoms with Crippen molar-refractivity contribution in [1.82, 2.24) is 4.98 Å². The van der Waals surface area contributed by atoms with E-state index in [1.54, 1.807) is 18.3 Å². The van der Waals surface area contributed by atoms with Gasteiger partial charge in [-0.25, -0.2) is 4.98 Å². The minimum Gasteiger partial charge on any atom is -0.441 e. The molecular weight excluding hydrogens is 336 g/mol. The summed E-state index contributed by atoms with van der Waals surface area (Å²) in [6.45, 7) is 4.02. The van der Waals surface area contributed by atoms with Crippen LogP contribution in [0.4, 0.5) is 5.69 Å². The number of hydrogen-bond donors (Lipinski definition) is 1. The van der Waals surface area contributed by atoms with E-state index in [0.29, 0.717) is 29.5 Å². The lowest BCUT2D eigenvalue weighted by molar-refractivity contribution is -0.116. The van der Waals surface area contributed by atoms with Crippen LogP contribution in [0.25, 0.3) is 11.3 Å². The summed E-state index contributed by atoms with van der Waals surface area (Å²) in [4.78, 5) is 16.4. The highest BCUT2D eigenvalue weighted by Crippen LogP contribution is 2.23. The number of carbonyl (C=O) groups is 1. The van der Waals surface area contributed by atoms with E-state index in [4.69, 9.17) is 16.0 Å². The van der Waals surface area contributed by atoms with Crippen LogP contribution in [0.2, 0.25) is 5.02 Å². The van der Waals surface area contributed by atoms with Crippen LogP contribution in [0, 0.1) is 13.8 Å². The Morgan fingerprint density at radius 2 is 1.92 bits per heavy atom. The van der Waals surface area contributed by atoms with E-state index in [1.807, 2.05) is 44.2 Å². The summed E-state index contributed by atoms with van der Waals surface area (Å²) in [5.41, 5.74) is 3.98. The van der Waals surface area contributed by atoms with E-state index in [0.717, 1.165) is 22.4 Å². The number of rotatable bonds is 5. The molecule has 0 aliphatic rings. The lowest BCUT2D eigenvalue weighted by Crippen LogP contribution is -2.13. The third-order valence-electron chi connectivity index (χ3n) is 4.13. The van der Waals surface area contributed by atoms with Crippen LogP contribution in [-0.4, -0.2) is 10.9 Å². The Bertz CT molecular complexity index is 885. The number of nitrogens with one attached hydrogen (secondary N) is 1. The number of aryl methyl sites for hydroxylation is 2. The van der Waals surface area contributed by atoms with Crippen molar-refractivity contribution in [3.05, 3.63) is 70.7 Å². The van der Waals surface area contributed by atoms with Gasteiger partial charge in [-0.05, 0) is 55.3 Å². The van der Waals surface area contributed by atoms with Crippen LogP contribution in [0.15, 0.2) is 53.1 Å². The summed E-state index contributed by atoms with van der Waals surface area (Å²) in [6.07, 6.45) is 2.43. The van der Waals surface area contributed by atoms with E-state index >= 15 is 0 Å². The fraction of sp³-hybridized carbons (Fsp3) is 0.200. The molecule has 25 heavy (non-hydrogen) atoms. The lowest BCUT2D eigenvalue weighted by Gasteiger charge is -2.09. The Hall–Kier alpha value is -2.59. The fourth-order valence-electron chi connectivity index (χ4n) is 2.49. The quantitative estimate of drug-likeness (QED) is 0.686. The summed E-state index contributed by atoms with van der Waals surface area (Å²) in [5.74, 6) is 1.16. The SMILES string of the molecule is Cc1cccc(NC(=O)CCc2ncc(-c3ccc(Cl)cc3)o2)c1C. The van der Waals surface area contributed by atoms with E-state index in [9.17, 15) is 4.79 Å². The highest BCUT2D eigenvalue weighted by molar-refractivity contribution is 6.30. The molecule has 1 amide bonds. The Morgan fingerprint density at radius 3 is 2.68 bits per heavy atom. The predicted octanol–water partition coefficient (Wildman–Crippen LogP) is 5.18. The zero-order valence-electron chi connectivity index (χ0n) is 14.2. The third-order valence-corrected chi connectivity index (χ3v) is 4.38. The minimum absolute atomic E-state index is 0.0556. The van der Waals surface area contributed by atoms with Gasteiger partial charge >= 0.3 is 0 Å². The van der Waals surface area contributed by atoms with Crippen molar-refractivity contribution in [3.8, 4) is 11.3 Å². The molecule has 4 nitrogen and oxygen atoms in total. The third kappa shape index (κ3) is 4.28. The molecule has 0 spiro atoms. The molecule has 128 valence electrons. The van der Waals surface area contributed by atoms with E-state index in [2.05, 4.69) is 10.3 Å². The molecule has 5 heteroatoms. The van der Waals surface area contributed by atoms with Crippen LogP contribution in [-0.2, 0) is 11.2 Å². The molecule has 2 aromatic carbocycles. The average molecular weight is 355 g/mol. The van der Waals surface area contributed by atoms with E-state index < -0.39 is 0 Å². The van der Waals surface area contributed by atoms with Gasteiger partial charge < -0.3 is 9.73 Å². The van der Waals surface area contributed by atoms with Crippen molar-refractivity contribution in [2.75, 3.05) is 5.32 Å². The van der Waals surface area contributed by atoms with Crippen molar-refractivity contribution in [2.45, 2.75) is 26.7 Å². The van der Waals surface area contributed by atoms with Crippen molar-refractivity contribution in [3.63, 3.8) is 0 Å². The van der Waals surface area contributed by atoms with E-state index in [1.165, 1.54) is 0 Å². The molecule has 3 aromatic rings. The van der Waals surface area contributed by atoms with Gasteiger partial charge in [0.25, 0.3) is 0 Å². The molecule has 1 aromatic heterocycles. The van der Waals surface area contributed by atoms with Crippen molar-refractivity contribution in [1.29, 1.82) is 0 Å². The number of anilines is 1. The molecule has 0 aliphatic heterocycles. The summed E-state index contributed by atoms with van der Waals surface area (Å²) >= 11 is 5.89. The predicted molar refractivity (Wildman–Crippen MR) is 99.8 cm³/mol. The maximum atomic E-state index is 12.2. The van der Waals surface area contributed by atoms with Gasteiger partial charge in [0.2, 0.25) is 5.91 Å². The topological polar surface area (TPSA) is 55.1 Å². The molecule has 0 fully saturated rings. The van der Waals surface area contributed by atoms with Crippen molar-refractivity contribution >= 4 is 23.2 Å². The highest BCUT2D eigenvalue weighted by atomic mass is 35.5. The first-order chi connectivity index (χ1) is 12.0. The highest BCUT2D eigenvalue weighted by Gasteiger charge is 2.10. The summed E-state index contributed by atoms with van der Waals surface area (Å²) in [6, 6.07) is 13.2. The van der Waals surface area contributed by atoms with Gasteiger partial charge in [0.15, 0.2) is 11.7 Å². The van der Waals surface area contributed by atoms with Crippen molar-refractivity contribution in [2.24, 2.45) is 0 Å². The molecule has 1 N–H and O–H groups in total. The smallest absolute Gasteiger partial charge is 0.224 e. The first-order valence-electron chi connectivity index (χ1n) is 8.09. The summed E-state index contributed by atoms with van der Waals surface area (Å²) in [7, 11) is 0. The van der Waals surface area contributed by atoms with E-state index in [-0.39, 0.29) is 5.91 Å². The lowest BCUT2D eigenvalue weighted by atomic mass is 10.1. The van der Waals surface area contributed by atoms with Crippen LogP contribution in [0.5, 0.6) is 0 Å². The maximum absolute atomic E-state index is 12.2. The molecular formula is C20H19ClN2O2. The summed E-state index contributed by atoms with van der Waals surface area (Å²) < 4.78 is 5.72. The van der Waals surface area contributed by atoms with Gasteiger partial charge in [-0.15, -0.1) is 0 Å². The van der Waals surface area contributed by atoms with Crippen molar-refractivity contribution < 1.29 is 9.21 Å². The molecule has 0 bridgehead atoms. The largest absolute Gasteiger partial charge is 0.441 e. The van der Waals surface area contributed by atoms with Gasteiger partial charge in [-0.2, -0.15) is 0 Å². The van der Waals surface area contributed by atoms with Crippen LogP contribution < -0.4 is 5.32 Å². The molecule has 0 saturated heterocycles. The average Bonchev–Trinajstić information content (AvgIpc) is 3.07. The van der Waals surface area contributed by atoms with Crippen LogP contribution in [0.3, 0.4) is 0 Å². The van der Waals surface area contributed by atoms with Gasteiger partial charge in [0.1, 0.15) is 0 Å². The minimum atomic E-state index is -0.0556. The fourth-order valence-corrected chi connectivity index (χ4v) is 2.62. The van der Waals surface area contributed by atoms with Gasteiger partial charge in [0.05, 0.1) is 6.20 Å². The number of halogens is 1. The Balaban J connectivity index is 1.59. The second-order valence-corrected chi connectivity index (χ2v) is 6.36. The zero-order chi connectivity index (χ0) is 17.8. The number of amides is 1. The molecule has 0 unspecified atom stereocenters. The molecule has 0 saturated carbocycles. The molecule has 0 aliphatic carbocycles. The maximum Gasteiger partial charge on any atom is 0.224 e. The summed E-state index contributed by atoms with van der Waals surface area (Å²) in [5, 5.41) is 3.62. The van der Waals surface area contributed by atoms with Gasteiger partial charge in [-0.1, -0.05) is 23.7 Å². The number of carbonyl (C=O) groups excluding carboxylic acids is 1. The molecule has 3 rings (SSSR count). The number of hydrogen-bond acceptors (Lipinski definition) is 3. The Kier molecular flexibility index (Phi) is 5.19. The zero-order valence-corrected chi connectivity index (χ0v) is 14.9. The monoisotopic (exact) mass is 354 g/mol. The first kappa shape index (κ1) is 17.2.